The van der Waals surface area contributed by atoms with Crippen molar-refractivity contribution in [3.63, 3.8) is 0 Å². The van der Waals surface area contributed by atoms with Crippen LogP contribution in [0, 0.1) is 11.3 Å². The molecule has 3 aromatic carbocycles. The molecule has 0 saturated carbocycles. The summed E-state index contributed by atoms with van der Waals surface area (Å²) in [5.74, 6) is -0.899. The molecule has 176 valence electrons. The van der Waals surface area contributed by atoms with Crippen LogP contribution in [-0.2, 0) is 16.0 Å². The van der Waals surface area contributed by atoms with Crippen LogP contribution in [0.15, 0.2) is 81.8 Å². The van der Waals surface area contributed by atoms with E-state index < -0.39 is 11.2 Å². The molecule has 1 atom stereocenters. The molecule has 0 bridgehead atoms. The first kappa shape index (κ1) is 25.6. The number of nitriles is 1. The monoisotopic (exact) mass is 605 g/mol. The molecule has 1 heterocycles. The van der Waals surface area contributed by atoms with E-state index in [-0.39, 0.29) is 22.9 Å². The van der Waals surface area contributed by atoms with Crippen molar-refractivity contribution in [3.05, 3.63) is 102 Å². The van der Waals surface area contributed by atoms with Gasteiger partial charge in [-0.2, -0.15) is 5.26 Å². The van der Waals surface area contributed by atoms with Gasteiger partial charge >= 0.3 is 0 Å². The molecule has 1 aliphatic rings. The highest BCUT2D eigenvalue weighted by molar-refractivity contribution is 9.10. The lowest BCUT2D eigenvalue weighted by molar-refractivity contribution is -0.117. The minimum atomic E-state index is -0.631. The summed E-state index contributed by atoms with van der Waals surface area (Å²) in [7, 11) is 0. The fraction of sp³-hybridized carbons (Fsp3) is 0.0800. The fourth-order valence-corrected chi connectivity index (χ4v) is 5.51. The van der Waals surface area contributed by atoms with Crippen molar-refractivity contribution in [2.45, 2.75) is 11.7 Å². The van der Waals surface area contributed by atoms with Gasteiger partial charge in [-0.25, -0.2) is 0 Å². The van der Waals surface area contributed by atoms with Crippen LogP contribution in [0.4, 0.5) is 11.4 Å². The summed E-state index contributed by atoms with van der Waals surface area (Å²) in [6.07, 6.45) is 0.275. The van der Waals surface area contributed by atoms with Gasteiger partial charge in [0.25, 0.3) is 5.91 Å². The Kier molecular flexibility index (Phi) is 8.10. The van der Waals surface area contributed by atoms with Crippen LogP contribution in [0.25, 0.3) is 0 Å². The van der Waals surface area contributed by atoms with Crippen LogP contribution in [0.5, 0.6) is 0 Å². The summed E-state index contributed by atoms with van der Waals surface area (Å²) in [5.41, 5.74) is 1.53. The first-order chi connectivity index (χ1) is 16.8. The Bertz CT molecular complexity index is 1370. The molecule has 1 unspecified atom stereocenters. The molecule has 2 amide bonds. The number of nitrogens with zero attached hydrogens (tertiary/aromatic N) is 2. The van der Waals surface area contributed by atoms with Crippen molar-refractivity contribution < 1.29 is 9.59 Å². The zero-order chi connectivity index (χ0) is 25.1. The highest BCUT2D eigenvalue weighted by atomic mass is 79.9. The highest BCUT2D eigenvalue weighted by Gasteiger charge is 2.41. The number of carbonyl (C=O) groups excluding carboxylic acids is 2. The van der Waals surface area contributed by atoms with Crippen molar-refractivity contribution in [1.82, 2.24) is 0 Å². The fourth-order valence-electron chi connectivity index (χ4n) is 3.44. The standard InChI is InChI=1S/C25H15BrCl3N3O2S/c26-15-1-8-19(9-2-15)32-24(34)22(12-14-11-17(28)5-10-21(14)29)35-25(32)20(13-30)23(33)31-18-6-3-16(27)4-7-18/h1-11,22H,12H2,(H,31,33)/b25-20-. The molecule has 0 aliphatic carbocycles. The Morgan fingerprint density at radius 1 is 1.03 bits per heavy atom. The van der Waals surface area contributed by atoms with E-state index in [1.54, 1.807) is 66.7 Å². The lowest BCUT2D eigenvalue weighted by Gasteiger charge is -2.19. The van der Waals surface area contributed by atoms with Crippen LogP contribution in [-0.4, -0.2) is 17.1 Å². The van der Waals surface area contributed by atoms with E-state index in [2.05, 4.69) is 21.2 Å². The van der Waals surface area contributed by atoms with E-state index >= 15 is 0 Å². The lowest BCUT2D eigenvalue weighted by Crippen LogP contribution is -2.31. The van der Waals surface area contributed by atoms with Crippen LogP contribution in [0.2, 0.25) is 15.1 Å². The predicted molar refractivity (Wildman–Crippen MR) is 146 cm³/mol. The largest absolute Gasteiger partial charge is 0.321 e. The van der Waals surface area contributed by atoms with Crippen molar-refractivity contribution >= 4 is 85.7 Å². The average molecular weight is 608 g/mol. The van der Waals surface area contributed by atoms with Gasteiger partial charge in [-0.1, -0.05) is 62.5 Å². The van der Waals surface area contributed by atoms with Crippen molar-refractivity contribution in [1.29, 1.82) is 5.26 Å². The molecule has 1 fully saturated rings. The molecule has 0 radical (unpaired) electrons. The molecule has 1 aliphatic heterocycles. The number of benzene rings is 3. The second-order valence-electron chi connectivity index (χ2n) is 7.45. The van der Waals surface area contributed by atoms with Gasteiger partial charge in [0.15, 0.2) is 0 Å². The highest BCUT2D eigenvalue weighted by Crippen LogP contribution is 2.43. The Morgan fingerprint density at radius 2 is 1.69 bits per heavy atom. The van der Waals surface area contributed by atoms with Gasteiger partial charge in [0.05, 0.1) is 5.25 Å². The summed E-state index contributed by atoms with van der Waals surface area (Å²) in [6.45, 7) is 0. The zero-order valence-corrected chi connectivity index (χ0v) is 22.4. The first-order valence-corrected chi connectivity index (χ1v) is 13.0. The van der Waals surface area contributed by atoms with E-state index in [1.807, 2.05) is 6.07 Å². The Labute approximate surface area is 229 Å². The second-order valence-corrected chi connectivity index (χ2v) is 10.8. The number of rotatable bonds is 5. The van der Waals surface area contributed by atoms with Gasteiger partial charge in [-0.3, -0.25) is 14.5 Å². The SMILES string of the molecule is N#C/C(C(=O)Nc1ccc(Cl)cc1)=C1/SC(Cc2cc(Cl)ccc2Cl)C(=O)N1c1ccc(Br)cc1. The van der Waals surface area contributed by atoms with Crippen molar-refractivity contribution in [2.24, 2.45) is 0 Å². The Balaban J connectivity index is 1.73. The number of thioether (sulfide) groups is 1. The summed E-state index contributed by atoms with van der Waals surface area (Å²) >= 11 is 22.9. The van der Waals surface area contributed by atoms with E-state index in [0.717, 1.165) is 16.2 Å². The van der Waals surface area contributed by atoms with Crippen LogP contribution >= 0.6 is 62.5 Å². The van der Waals surface area contributed by atoms with E-state index in [9.17, 15) is 14.9 Å². The van der Waals surface area contributed by atoms with Gasteiger partial charge < -0.3 is 5.32 Å². The number of nitrogens with one attached hydrogen (secondary N) is 1. The van der Waals surface area contributed by atoms with Crippen molar-refractivity contribution in [2.75, 3.05) is 10.2 Å². The minimum absolute atomic E-state index is 0.180. The van der Waals surface area contributed by atoms with Gasteiger partial charge in [0.2, 0.25) is 5.91 Å². The summed E-state index contributed by atoms with van der Waals surface area (Å²) in [6, 6.07) is 20.6. The Morgan fingerprint density at radius 3 is 2.34 bits per heavy atom. The van der Waals surface area contributed by atoms with Gasteiger partial charge in [0.1, 0.15) is 16.7 Å². The third kappa shape index (κ3) is 5.85. The molecule has 4 rings (SSSR count). The van der Waals surface area contributed by atoms with Crippen LogP contribution < -0.4 is 10.2 Å². The van der Waals surface area contributed by atoms with E-state index in [0.29, 0.717) is 32.0 Å². The van der Waals surface area contributed by atoms with E-state index in [4.69, 9.17) is 34.8 Å². The molecule has 35 heavy (non-hydrogen) atoms. The number of carbonyl (C=O) groups is 2. The first-order valence-electron chi connectivity index (χ1n) is 10.2. The molecule has 1 saturated heterocycles. The maximum atomic E-state index is 13.6. The topological polar surface area (TPSA) is 73.2 Å². The quantitative estimate of drug-likeness (QED) is 0.241. The maximum absolute atomic E-state index is 13.6. The smallest absolute Gasteiger partial charge is 0.269 e. The average Bonchev–Trinajstić information content (AvgIpc) is 3.14. The number of hydrogen-bond donors (Lipinski definition) is 1. The Hall–Kier alpha value is -2.47. The number of amides is 2. The second kappa shape index (κ2) is 11.1. The van der Waals surface area contributed by atoms with Gasteiger partial charge in [-0.05, 0) is 78.7 Å². The summed E-state index contributed by atoms with van der Waals surface area (Å²) < 4.78 is 0.828. The van der Waals surface area contributed by atoms with Gasteiger partial charge in [-0.15, -0.1) is 0 Å². The molecule has 5 nitrogen and oxygen atoms in total. The molecule has 0 spiro atoms. The normalized spacial score (nSPS) is 16.7. The molecule has 0 aromatic heterocycles. The molecule has 10 heteroatoms. The van der Waals surface area contributed by atoms with E-state index in [1.165, 1.54) is 4.90 Å². The predicted octanol–water partition coefficient (Wildman–Crippen LogP) is 7.47. The van der Waals surface area contributed by atoms with Crippen LogP contribution in [0.3, 0.4) is 0 Å². The lowest BCUT2D eigenvalue weighted by atomic mass is 10.1. The van der Waals surface area contributed by atoms with Crippen molar-refractivity contribution in [3.8, 4) is 6.07 Å². The number of anilines is 2. The third-order valence-electron chi connectivity index (χ3n) is 5.11. The summed E-state index contributed by atoms with van der Waals surface area (Å²) in [4.78, 5) is 28.1. The zero-order valence-electron chi connectivity index (χ0n) is 17.8. The number of hydrogen-bond acceptors (Lipinski definition) is 4. The summed E-state index contributed by atoms with van der Waals surface area (Å²) in [5, 5.41) is 13.8. The van der Waals surface area contributed by atoms with Gasteiger partial charge in [0, 0.05) is 30.9 Å². The molecular formula is C25H15BrCl3N3O2S. The maximum Gasteiger partial charge on any atom is 0.269 e. The molecular weight excluding hydrogens is 593 g/mol. The minimum Gasteiger partial charge on any atom is -0.321 e. The third-order valence-corrected chi connectivity index (χ3v) is 7.75. The number of halogens is 4. The molecule has 3 aromatic rings. The van der Waals surface area contributed by atoms with Crippen LogP contribution in [0.1, 0.15) is 5.56 Å². The molecule has 1 N–H and O–H groups in total.